The molecule has 0 spiro atoms. The smallest absolute Gasteiger partial charge is 0.335 e. The van der Waals surface area contributed by atoms with Crippen LogP contribution >= 0.6 is 0 Å². The van der Waals surface area contributed by atoms with E-state index in [2.05, 4.69) is 5.48 Å². The van der Waals surface area contributed by atoms with Crippen LogP contribution < -0.4 is 5.48 Å². The van der Waals surface area contributed by atoms with Crippen LogP contribution in [-0.4, -0.2) is 54.6 Å². The van der Waals surface area contributed by atoms with Gasteiger partial charge in [-0.3, -0.25) is 4.79 Å². The molecular formula is C18H29N3O5. The Morgan fingerprint density at radius 3 is 1.58 bits per heavy atom. The Morgan fingerprint density at radius 2 is 1.23 bits per heavy atom. The van der Waals surface area contributed by atoms with Crippen LogP contribution in [0.2, 0.25) is 0 Å². The van der Waals surface area contributed by atoms with E-state index in [4.69, 9.17) is 4.84 Å². The number of hydrogen-bond donors (Lipinski definition) is 3. The lowest BCUT2D eigenvalue weighted by Crippen LogP contribution is -2.50. The molecule has 8 nitrogen and oxygen atoms in total. The van der Waals surface area contributed by atoms with Crippen molar-refractivity contribution in [2.45, 2.75) is 77.5 Å². The number of rotatable bonds is 2. The van der Waals surface area contributed by atoms with Gasteiger partial charge < -0.3 is 15.3 Å². The van der Waals surface area contributed by atoms with Crippen molar-refractivity contribution in [1.29, 1.82) is 0 Å². The molecule has 0 aromatic rings. The molecule has 0 saturated carbocycles. The van der Waals surface area contributed by atoms with Gasteiger partial charge in [0.25, 0.3) is 5.91 Å². The van der Waals surface area contributed by atoms with E-state index in [0.717, 1.165) is 10.1 Å². The molecule has 2 heterocycles. The highest BCUT2D eigenvalue weighted by Crippen LogP contribution is 2.39. The first kappa shape index (κ1) is 20.6. The monoisotopic (exact) mass is 367 g/mol. The Kier molecular flexibility index (Phi) is 4.65. The van der Waals surface area contributed by atoms with Gasteiger partial charge in [-0.05, 0) is 55.4 Å². The zero-order chi connectivity index (χ0) is 20.3. The zero-order valence-electron chi connectivity index (χ0n) is 16.7. The largest absolute Gasteiger partial charge is 0.360 e. The molecule has 3 N–H and O–H groups in total. The SMILES string of the molecule is CC1(C)C=C(C(=O)NOC(=O)C2=CC(C)(C)N(O)C2(C)C)C(C)(C)N1O. The van der Waals surface area contributed by atoms with E-state index in [1.165, 1.54) is 0 Å². The first-order valence-corrected chi connectivity index (χ1v) is 8.52. The highest BCUT2D eigenvalue weighted by Gasteiger charge is 2.50. The normalized spacial score (nSPS) is 26.2. The van der Waals surface area contributed by atoms with E-state index >= 15 is 0 Å². The highest BCUT2D eigenvalue weighted by molar-refractivity contribution is 5.98. The molecule has 0 saturated heterocycles. The van der Waals surface area contributed by atoms with Crippen LogP contribution in [0.1, 0.15) is 55.4 Å². The minimum Gasteiger partial charge on any atom is -0.335 e. The van der Waals surface area contributed by atoms with E-state index in [9.17, 15) is 20.0 Å². The van der Waals surface area contributed by atoms with Crippen LogP contribution in [0.15, 0.2) is 23.3 Å². The van der Waals surface area contributed by atoms with Gasteiger partial charge in [0.2, 0.25) is 0 Å². The average molecular weight is 367 g/mol. The van der Waals surface area contributed by atoms with E-state index in [0.29, 0.717) is 5.57 Å². The Hall–Kier alpha value is -1.74. The second-order valence-corrected chi connectivity index (χ2v) is 8.99. The number of carbonyl (C=O) groups excluding carboxylic acids is 2. The van der Waals surface area contributed by atoms with Gasteiger partial charge in [0.05, 0.1) is 27.7 Å². The molecule has 0 radical (unpaired) electrons. The molecular weight excluding hydrogens is 338 g/mol. The summed E-state index contributed by atoms with van der Waals surface area (Å²) in [6.45, 7) is 13.8. The first-order valence-electron chi connectivity index (χ1n) is 8.52. The van der Waals surface area contributed by atoms with Crippen molar-refractivity contribution in [2.75, 3.05) is 0 Å². The predicted octanol–water partition coefficient (Wildman–Crippen LogP) is 1.94. The summed E-state index contributed by atoms with van der Waals surface area (Å²) in [5.41, 5.74) is -0.656. The number of carbonyl (C=O) groups is 2. The number of nitrogens with zero attached hydrogens (tertiary/aromatic N) is 2. The van der Waals surface area contributed by atoms with E-state index in [1.807, 2.05) is 0 Å². The summed E-state index contributed by atoms with van der Waals surface area (Å²) in [4.78, 5) is 29.9. The molecule has 0 aromatic heterocycles. The van der Waals surface area contributed by atoms with E-state index < -0.39 is 34.0 Å². The van der Waals surface area contributed by atoms with Gasteiger partial charge in [-0.2, -0.15) is 15.6 Å². The molecule has 0 bridgehead atoms. The topological polar surface area (TPSA) is 102 Å². The highest BCUT2D eigenvalue weighted by atomic mass is 16.7. The standard InChI is InChI=1S/C18H29N3O5/c1-15(2)9-11(17(5,6)20(15)24)13(22)19-26-14(23)12-10-16(3,4)21(25)18(12,7)8/h9-10,24-25H,1-8H3,(H,19,22). The van der Waals surface area contributed by atoms with Gasteiger partial charge >= 0.3 is 5.97 Å². The second kappa shape index (κ2) is 5.88. The van der Waals surface area contributed by atoms with Crippen molar-refractivity contribution in [1.82, 2.24) is 15.6 Å². The van der Waals surface area contributed by atoms with Gasteiger partial charge in [0.15, 0.2) is 0 Å². The fourth-order valence-electron chi connectivity index (χ4n) is 3.71. The number of hydroxylamine groups is 5. The van der Waals surface area contributed by atoms with Crippen LogP contribution in [0.25, 0.3) is 0 Å². The third-order valence-corrected chi connectivity index (χ3v) is 5.17. The van der Waals surface area contributed by atoms with Gasteiger partial charge in [-0.1, -0.05) is 12.2 Å². The molecule has 2 rings (SSSR count). The summed E-state index contributed by atoms with van der Waals surface area (Å²) in [6, 6.07) is 0. The molecule has 146 valence electrons. The molecule has 0 aromatic carbocycles. The maximum atomic E-state index is 12.5. The summed E-state index contributed by atoms with van der Waals surface area (Å²) in [5.74, 6) is -1.35. The Balaban J connectivity index is 2.13. The van der Waals surface area contributed by atoms with Crippen molar-refractivity contribution in [3.8, 4) is 0 Å². The summed E-state index contributed by atoms with van der Waals surface area (Å²) in [7, 11) is 0. The maximum absolute atomic E-state index is 12.5. The summed E-state index contributed by atoms with van der Waals surface area (Å²) >= 11 is 0. The Labute approximate surface area is 154 Å². The quantitative estimate of drug-likeness (QED) is 0.641. The molecule has 26 heavy (non-hydrogen) atoms. The van der Waals surface area contributed by atoms with Crippen LogP contribution in [-0.2, 0) is 14.4 Å². The van der Waals surface area contributed by atoms with Crippen LogP contribution in [0.4, 0.5) is 0 Å². The van der Waals surface area contributed by atoms with Gasteiger partial charge in [-0.25, -0.2) is 4.79 Å². The molecule has 0 aliphatic carbocycles. The molecule has 2 aliphatic rings. The van der Waals surface area contributed by atoms with Crippen molar-refractivity contribution in [3.05, 3.63) is 23.3 Å². The van der Waals surface area contributed by atoms with Crippen molar-refractivity contribution in [2.24, 2.45) is 0 Å². The van der Waals surface area contributed by atoms with Gasteiger partial charge in [0, 0.05) is 5.57 Å². The third-order valence-electron chi connectivity index (χ3n) is 5.17. The number of amides is 1. The van der Waals surface area contributed by atoms with E-state index in [1.54, 1.807) is 67.5 Å². The number of nitrogens with one attached hydrogen (secondary N) is 1. The second-order valence-electron chi connectivity index (χ2n) is 8.99. The van der Waals surface area contributed by atoms with Crippen molar-refractivity contribution >= 4 is 11.9 Å². The fraction of sp³-hybridized carbons (Fsp3) is 0.667. The minimum atomic E-state index is -0.957. The van der Waals surface area contributed by atoms with Gasteiger partial charge in [-0.15, -0.1) is 0 Å². The zero-order valence-corrected chi connectivity index (χ0v) is 16.7. The molecule has 1 amide bonds. The molecule has 0 unspecified atom stereocenters. The summed E-state index contributed by atoms with van der Waals surface area (Å²) in [5, 5.41) is 22.7. The van der Waals surface area contributed by atoms with E-state index in [-0.39, 0.29) is 5.57 Å². The minimum absolute atomic E-state index is 0.245. The maximum Gasteiger partial charge on any atom is 0.360 e. The van der Waals surface area contributed by atoms with Crippen LogP contribution in [0.5, 0.6) is 0 Å². The summed E-state index contributed by atoms with van der Waals surface area (Å²) in [6.07, 6.45) is 3.24. The van der Waals surface area contributed by atoms with Gasteiger partial charge in [0.1, 0.15) is 0 Å². The lowest BCUT2D eigenvalue weighted by atomic mass is 9.96. The van der Waals surface area contributed by atoms with Crippen molar-refractivity contribution in [3.63, 3.8) is 0 Å². The molecule has 8 heteroatoms. The first-order chi connectivity index (χ1) is 11.5. The Bertz CT molecular complexity index is 644. The van der Waals surface area contributed by atoms with Crippen LogP contribution in [0, 0.1) is 0 Å². The molecule has 0 atom stereocenters. The molecule has 2 aliphatic heterocycles. The summed E-state index contributed by atoms with van der Waals surface area (Å²) < 4.78 is 0. The third kappa shape index (κ3) is 3.07. The number of hydrogen-bond acceptors (Lipinski definition) is 7. The van der Waals surface area contributed by atoms with Crippen molar-refractivity contribution < 1.29 is 24.8 Å². The fourth-order valence-corrected chi connectivity index (χ4v) is 3.71. The molecule has 0 fully saturated rings. The lowest BCUT2D eigenvalue weighted by Gasteiger charge is -2.36. The van der Waals surface area contributed by atoms with Crippen LogP contribution in [0.3, 0.4) is 0 Å². The lowest BCUT2D eigenvalue weighted by molar-refractivity contribution is -0.189. The Morgan fingerprint density at radius 1 is 0.846 bits per heavy atom. The average Bonchev–Trinajstić information content (AvgIpc) is 2.78. The predicted molar refractivity (Wildman–Crippen MR) is 94.0 cm³/mol.